The second-order valence-corrected chi connectivity index (χ2v) is 15.5. The van der Waals surface area contributed by atoms with Crippen molar-refractivity contribution in [1.29, 1.82) is 0 Å². The zero-order valence-electron chi connectivity index (χ0n) is 26.5. The molecule has 0 spiro atoms. The van der Waals surface area contributed by atoms with Gasteiger partial charge in [-0.05, 0) is 68.7 Å². The Morgan fingerprint density at radius 3 is 2.57 bits per heavy atom. The molecule has 46 heavy (non-hydrogen) atoms. The van der Waals surface area contributed by atoms with Gasteiger partial charge in [-0.1, -0.05) is 43.5 Å². The number of hydrogen-bond donors (Lipinski definition) is 3. The second-order valence-electron chi connectivity index (χ2n) is 13.5. The van der Waals surface area contributed by atoms with Gasteiger partial charge < -0.3 is 20.3 Å². The maximum absolute atomic E-state index is 13.9. The minimum atomic E-state index is -3.84. The standard InChI is InChI=1S/C33H45N5O7S/c1-3-24-17-33(24,31(41)36-46(43,44)26-13-14-26)35-29(39)28-16-25-19-38(28)30(40)21(2)34-15-8-6-4-5-7-10-22-11-9-12-23-18-37(20-27(22)23)32(42)45-25/h3,9,11-12,21,24-26,28,34H,1,4-8,10,13-20H2,2H3,(H,35,39)(H,36,41)/t21-,24+,25+,28-,33+/m0/s1. The lowest BCUT2D eigenvalue weighted by atomic mass is 9.98. The molecule has 5 aliphatic rings. The first-order chi connectivity index (χ1) is 22.0. The predicted octanol–water partition coefficient (Wildman–Crippen LogP) is 2.26. The molecule has 1 aromatic carbocycles. The van der Waals surface area contributed by atoms with Crippen LogP contribution >= 0.6 is 0 Å². The van der Waals surface area contributed by atoms with Gasteiger partial charge >= 0.3 is 6.09 Å². The van der Waals surface area contributed by atoms with Crippen LogP contribution in [0.2, 0.25) is 0 Å². The van der Waals surface area contributed by atoms with Gasteiger partial charge in [0.1, 0.15) is 17.7 Å². The van der Waals surface area contributed by atoms with Crippen LogP contribution in [0.15, 0.2) is 30.9 Å². The Balaban J connectivity index is 1.20. The molecule has 4 bridgehead atoms. The molecule has 0 unspecified atom stereocenters. The molecule has 3 N–H and O–H groups in total. The van der Waals surface area contributed by atoms with E-state index in [9.17, 15) is 27.6 Å². The minimum Gasteiger partial charge on any atom is -0.444 e. The van der Waals surface area contributed by atoms with Crippen molar-refractivity contribution < 1.29 is 32.3 Å². The number of carbonyl (C=O) groups excluding carboxylic acids is 4. The summed E-state index contributed by atoms with van der Waals surface area (Å²) in [5.41, 5.74) is 2.07. The van der Waals surface area contributed by atoms with Crippen LogP contribution in [0, 0.1) is 5.92 Å². The van der Waals surface area contributed by atoms with E-state index >= 15 is 0 Å². The number of nitrogens with zero attached hydrogens (tertiary/aromatic N) is 2. The summed E-state index contributed by atoms with van der Waals surface area (Å²) in [6.07, 6.45) is 7.72. The molecule has 12 nitrogen and oxygen atoms in total. The van der Waals surface area contributed by atoms with Crippen LogP contribution in [0.5, 0.6) is 0 Å². The predicted molar refractivity (Wildman–Crippen MR) is 170 cm³/mol. The molecule has 3 aliphatic heterocycles. The Hall–Kier alpha value is -3.45. The van der Waals surface area contributed by atoms with E-state index in [2.05, 4.69) is 28.0 Å². The summed E-state index contributed by atoms with van der Waals surface area (Å²) in [5.74, 6) is -2.16. The van der Waals surface area contributed by atoms with Crippen LogP contribution in [-0.2, 0) is 48.7 Å². The van der Waals surface area contributed by atoms with Gasteiger partial charge in [0.2, 0.25) is 21.8 Å². The summed E-state index contributed by atoms with van der Waals surface area (Å²) in [4.78, 5) is 57.4. The van der Waals surface area contributed by atoms with Crippen LogP contribution < -0.4 is 15.4 Å². The van der Waals surface area contributed by atoms with E-state index in [4.69, 9.17) is 4.74 Å². The van der Waals surface area contributed by atoms with Crippen LogP contribution in [0.1, 0.15) is 81.4 Å². The molecule has 13 heteroatoms. The van der Waals surface area contributed by atoms with Crippen LogP contribution in [-0.4, -0.2) is 84.1 Å². The van der Waals surface area contributed by atoms with Gasteiger partial charge in [-0.3, -0.25) is 24.0 Å². The highest BCUT2D eigenvalue weighted by Crippen LogP contribution is 2.45. The first-order valence-electron chi connectivity index (χ1n) is 16.6. The van der Waals surface area contributed by atoms with E-state index in [1.165, 1.54) is 22.1 Å². The van der Waals surface area contributed by atoms with Gasteiger partial charge in [0.15, 0.2) is 0 Å². The highest BCUT2D eigenvalue weighted by Gasteiger charge is 2.62. The first-order valence-corrected chi connectivity index (χ1v) is 18.2. The fraction of sp³-hybridized carbons (Fsp3) is 0.636. The van der Waals surface area contributed by atoms with Gasteiger partial charge in [0.05, 0.1) is 17.8 Å². The summed E-state index contributed by atoms with van der Waals surface area (Å²) < 4.78 is 33.2. The minimum absolute atomic E-state index is 0.0286. The number of amides is 4. The second kappa shape index (κ2) is 13.0. The summed E-state index contributed by atoms with van der Waals surface area (Å²) >= 11 is 0. The third-order valence-electron chi connectivity index (χ3n) is 10.1. The Morgan fingerprint density at radius 1 is 1.09 bits per heavy atom. The highest BCUT2D eigenvalue weighted by molar-refractivity contribution is 7.91. The van der Waals surface area contributed by atoms with Crippen molar-refractivity contribution in [2.75, 3.05) is 13.1 Å². The molecule has 2 aliphatic carbocycles. The zero-order chi connectivity index (χ0) is 32.6. The summed E-state index contributed by atoms with van der Waals surface area (Å²) in [6.45, 7) is 7.08. The van der Waals surface area contributed by atoms with Crippen molar-refractivity contribution in [1.82, 2.24) is 25.2 Å². The molecular formula is C33H45N5O7S. The maximum Gasteiger partial charge on any atom is 0.410 e. The number of aryl methyl sites for hydroxylation is 1. The average molecular weight is 656 g/mol. The summed E-state index contributed by atoms with van der Waals surface area (Å²) in [7, 11) is -3.84. The topological polar surface area (TPSA) is 154 Å². The molecule has 250 valence electrons. The number of nitrogens with one attached hydrogen (secondary N) is 3. The van der Waals surface area contributed by atoms with E-state index < -0.39 is 62.8 Å². The van der Waals surface area contributed by atoms with Crippen molar-refractivity contribution in [3.8, 4) is 0 Å². The Bertz CT molecular complexity index is 1510. The highest BCUT2D eigenvalue weighted by atomic mass is 32.2. The molecule has 3 heterocycles. The average Bonchev–Trinajstić information content (AvgIpc) is 3.92. The zero-order valence-corrected chi connectivity index (χ0v) is 27.3. The normalized spacial score (nSPS) is 30.5. The SMILES string of the molecule is C=C[C@@H]1C[C@]1(NC(=O)[C@@H]1C[C@@H]2CN1C(=O)[C@H](C)NCCCCCCCc1cccc3c1CN(C3)C(=O)O2)C(=O)NS(=O)(=O)C1CC1. The fourth-order valence-electron chi connectivity index (χ4n) is 7.09. The van der Waals surface area contributed by atoms with Crippen molar-refractivity contribution in [2.45, 2.75) is 113 Å². The van der Waals surface area contributed by atoms with Crippen LogP contribution in [0.4, 0.5) is 4.79 Å². The molecule has 6 rings (SSSR count). The van der Waals surface area contributed by atoms with Crippen molar-refractivity contribution in [3.63, 3.8) is 0 Å². The van der Waals surface area contributed by atoms with Gasteiger partial charge in [0.25, 0.3) is 5.91 Å². The van der Waals surface area contributed by atoms with E-state index in [1.54, 1.807) is 11.8 Å². The third kappa shape index (κ3) is 6.67. The molecular weight excluding hydrogens is 610 g/mol. The molecule has 5 atom stereocenters. The molecule has 0 radical (unpaired) electrons. The molecule has 1 aromatic rings. The molecule has 0 aromatic heterocycles. The third-order valence-corrected chi connectivity index (χ3v) is 12.0. The van der Waals surface area contributed by atoms with Crippen LogP contribution in [0.3, 0.4) is 0 Å². The number of carbonyl (C=O) groups is 4. The number of sulfonamides is 1. The monoisotopic (exact) mass is 655 g/mol. The molecule has 4 amide bonds. The lowest BCUT2D eigenvalue weighted by Gasteiger charge is -2.28. The smallest absolute Gasteiger partial charge is 0.410 e. The van der Waals surface area contributed by atoms with Crippen molar-refractivity contribution in [2.24, 2.45) is 5.92 Å². The van der Waals surface area contributed by atoms with E-state index in [0.29, 0.717) is 32.5 Å². The Morgan fingerprint density at radius 2 is 1.83 bits per heavy atom. The van der Waals surface area contributed by atoms with Gasteiger partial charge in [-0.25, -0.2) is 13.2 Å². The number of ether oxygens (including phenoxy) is 1. The van der Waals surface area contributed by atoms with Gasteiger partial charge in [-0.2, -0.15) is 0 Å². The fourth-order valence-corrected chi connectivity index (χ4v) is 8.46. The van der Waals surface area contributed by atoms with E-state index in [-0.39, 0.29) is 25.3 Å². The lowest BCUT2D eigenvalue weighted by molar-refractivity contribution is -0.140. The molecule has 2 saturated carbocycles. The summed E-state index contributed by atoms with van der Waals surface area (Å²) in [5, 5.41) is 5.46. The first kappa shape index (κ1) is 32.5. The number of rotatable bonds is 6. The number of hydrogen-bond acceptors (Lipinski definition) is 8. The largest absolute Gasteiger partial charge is 0.444 e. The lowest BCUT2D eigenvalue weighted by Crippen LogP contribution is -2.57. The molecule has 3 fully saturated rings. The Kier molecular flexibility index (Phi) is 9.17. The van der Waals surface area contributed by atoms with Gasteiger partial charge in [-0.15, -0.1) is 6.58 Å². The Labute approximate surface area is 270 Å². The van der Waals surface area contributed by atoms with Crippen LogP contribution in [0.25, 0.3) is 0 Å². The van der Waals surface area contributed by atoms with Crippen molar-refractivity contribution >= 4 is 33.8 Å². The maximum atomic E-state index is 13.9. The van der Waals surface area contributed by atoms with Crippen molar-refractivity contribution in [3.05, 3.63) is 47.5 Å². The summed E-state index contributed by atoms with van der Waals surface area (Å²) in [6, 6.07) is 4.62. The molecule has 1 saturated heterocycles. The van der Waals surface area contributed by atoms with E-state index in [0.717, 1.165) is 44.1 Å². The number of fused-ring (bicyclic) bond motifs is 3. The van der Waals surface area contributed by atoms with E-state index in [1.807, 2.05) is 12.1 Å². The van der Waals surface area contributed by atoms with Gasteiger partial charge in [0, 0.05) is 25.4 Å². The number of benzene rings is 1. The quantitative estimate of drug-likeness (QED) is 0.395.